The Morgan fingerprint density at radius 1 is 0.526 bits per heavy atom. The number of aliphatic hydroxyl groups excluding tert-OH is 2. The Morgan fingerprint density at radius 2 is 0.965 bits per heavy atom. The van der Waals surface area contributed by atoms with Gasteiger partial charge in [0.25, 0.3) is 0 Å². The smallest absolute Gasteiger partial charge is 0.306 e. The van der Waals surface area contributed by atoms with E-state index in [1.54, 1.807) is 0 Å². The summed E-state index contributed by atoms with van der Waals surface area (Å²) in [6, 6.07) is -0.731. The van der Waals surface area contributed by atoms with Crippen molar-refractivity contribution in [3.05, 3.63) is 36.5 Å². The van der Waals surface area contributed by atoms with Crippen LogP contribution in [0.15, 0.2) is 36.5 Å². The van der Waals surface area contributed by atoms with Crippen LogP contribution in [0.3, 0.4) is 0 Å². The van der Waals surface area contributed by atoms with Gasteiger partial charge in [-0.25, -0.2) is 0 Å². The molecule has 0 saturated heterocycles. The summed E-state index contributed by atoms with van der Waals surface area (Å²) in [5.74, 6) is -0.610. The van der Waals surface area contributed by atoms with Crippen LogP contribution in [0.2, 0.25) is 0 Å². The van der Waals surface area contributed by atoms with Gasteiger partial charge in [0.05, 0.1) is 25.2 Å². The fraction of sp³-hybridized carbons (Fsp3) is 0.843. The van der Waals surface area contributed by atoms with E-state index in [9.17, 15) is 19.8 Å². The number of esters is 1. The minimum absolute atomic E-state index is 0.0302. The van der Waals surface area contributed by atoms with E-state index in [2.05, 4.69) is 50.4 Å². The van der Waals surface area contributed by atoms with Crippen LogP contribution in [0.4, 0.5) is 0 Å². The van der Waals surface area contributed by atoms with Gasteiger partial charge in [0.1, 0.15) is 6.10 Å². The highest BCUT2D eigenvalue weighted by Gasteiger charge is 2.23. The number of carbonyl (C=O) groups excluding carboxylic acids is 2. The van der Waals surface area contributed by atoms with Crippen molar-refractivity contribution in [2.45, 2.75) is 270 Å². The second kappa shape index (κ2) is 45.2. The first-order valence-electron chi connectivity index (χ1n) is 24.7. The van der Waals surface area contributed by atoms with E-state index in [-0.39, 0.29) is 24.9 Å². The van der Waals surface area contributed by atoms with E-state index >= 15 is 0 Å². The summed E-state index contributed by atoms with van der Waals surface area (Å²) >= 11 is 0. The van der Waals surface area contributed by atoms with Crippen LogP contribution in [0.25, 0.3) is 0 Å². The fourth-order valence-corrected chi connectivity index (χ4v) is 7.40. The highest BCUT2D eigenvalue weighted by atomic mass is 16.5. The second-order valence-corrected chi connectivity index (χ2v) is 16.9. The minimum atomic E-state index is -0.809. The first-order valence-corrected chi connectivity index (χ1v) is 24.7. The Balaban J connectivity index is 4.52. The monoisotopic (exact) mass is 802 g/mol. The standard InChI is InChI=1S/C51H95NO5/c1-4-7-10-13-16-19-22-23-24-25-26-27-29-31-34-37-40-43-49(54)48(46-53)52-50(55)45-47(42-39-36-33-30-28-20-17-14-11-8-5-2)57-51(56)44-41-38-35-32-21-18-15-12-9-6-3/h12,15,30,33,39,42,47-49,53-54H,4-11,13-14,16-29,31-32,34-38,40-41,43-46H2,1-3H3,(H,52,55)/b15-12-,33-30-,42-39+. The molecule has 0 spiro atoms. The van der Waals surface area contributed by atoms with Crippen LogP contribution >= 0.6 is 0 Å². The molecule has 0 saturated carbocycles. The molecule has 0 fully saturated rings. The highest BCUT2D eigenvalue weighted by Crippen LogP contribution is 2.16. The molecular weight excluding hydrogens is 707 g/mol. The molecule has 0 heterocycles. The van der Waals surface area contributed by atoms with Gasteiger partial charge in [-0.15, -0.1) is 0 Å². The summed E-state index contributed by atoms with van der Waals surface area (Å²) in [6.07, 6.45) is 52.4. The van der Waals surface area contributed by atoms with Gasteiger partial charge in [0, 0.05) is 6.42 Å². The molecule has 0 radical (unpaired) electrons. The molecule has 0 bridgehead atoms. The Kier molecular flexibility index (Phi) is 43.6. The molecule has 0 rings (SSSR count). The van der Waals surface area contributed by atoms with Gasteiger partial charge >= 0.3 is 5.97 Å². The molecule has 3 unspecified atom stereocenters. The fourth-order valence-electron chi connectivity index (χ4n) is 7.40. The second-order valence-electron chi connectivity index (χ2n) is 16.9. The van der Waals surface area contributed by atoms with Crippen LogP contribution in [-0.4, -0.2) is 46.9 Å². The maximum absolute atomic E-state index is 13.1. The minimum Gasteiger partial charge on any atom is -0.458 e. The summed E-state index contributed by atoms with van der Waals surface area (Å²) in [5, 5.41) is 23.7. The summed E-state index contributed by atoms with van der Waals surface area (Å²) < 4.78 is 5.79. The van der Waals surface area contributed by atoms with Gasteiger partial charge in [-0.2, -0.15) is 0 Å². The quantitative estimate of drug-likeness (QED) is 0.0324. The average molecular weight is 802 g/mol. The molecular formula is C51H95NO5. The lowest BCUT2D eigenvalue weighted by Crippen LogP contribution is -2.46. The predicted molar refractivity (Wildman–Crippen MR) is 246 cm³/mol. The number of hydrogen-bond acceptors (Lipinski definition) is 5. The first kappa shape index (κ1) is 55.1. The molecule has 0 aromatic heterocycles. The van der Waals surface area contributed by atoms with Crippen LogP contribution in [-0.2, 0) is 14.3 Å². The van der Waals surface area contributed by atoms with E-state index in [1.807, 2.05) is 12.2 Å². The van der Waals surface area contributed by atoms with Crippen molar-refractivity contribution in [3.63, 3.8) is 0 Å². The lowest BCUT2D eigenvalue weighted by Gasteiger charge is -2.23. The van der Waals surface area contributed by atoms with Crippen molar-refractivity contribution in [3.8, 4) is 0 Å². The third-order valence-corrected chi connectivity index (χ3v) is 11.2. The summed E-state index contributed by atoms with van der Waals surface area (Å²) in [4.78, 5) is 25.9. The van der Waals surface area contributed by atoms with E-state index in [0.29, 0.717) is 12.8 Å². The summed E-state index contributed by atoms with van der Waals surface area (Å²) in [7, 11) is 0. The molecule has 6 heteroatoms. The zero-order valence-corrected chi connectivity index (χ0v) is 38.0. The SMILES string of the molecule is CCC/C=C\CCCCCCCC(=O)OC(/C=C/C/C=C\CCCCCCCC)CC(=O)NC(CO)C(O)CCCCCCCCCCCCCCCCCCC. The van der Waals surface area contributed by atoms with Crippen LogP contribution in [0, 0.1) is 0 Å². The molecule has 3 N–H and O–H groups in total. The number of allylic oxidation sites excluding steroid dienone is 5. The van der Waals surface area contributed by atoms with Crippen LogP contribution in [0.5, 0.6) is 0 Å². The number of carbonyl (C=O) groups is 2. The summed E-state index contributed by atoms with van der Waals surface area (Å²) in [5.41, 5.74) is 0. The number of hydrogen-bond donors (Lipinski definition) is 3. The lowest BCUT2D eigenvalue weighted by molar-refractivity contribution is -0.148. The number of ether oxygens (including phenoxy) is 1. The molecule has 3 atom stereocenters. The van der Waals surface area contributed by atoms with Crippen molar-refractivity contribution in [1.82, 2.24) is 5.32 Å². The third kappa shape index (κ3) is 40.6. The number of unbranched alkanes of at least 4 members (excludes halogenated alkanes) is 28. The number of amides is 1. The Morgan fingerprint density at radius 3 is 1.46 bits per heavy atom. The van der Waals surface area contributed by atoms with E-state index in [4.69, 9.17) is 4.74 Å². The molecule has 6 nitrogen and oxygen atoms in total. The first-order chi connectivity index (χ1) is 28.0. The summed E-state index contributed by atoms with van der Waals surface area (Å²) in [6.45, 7) is 6.38. The molecule has 57 heavy (non-hydrogen) atoms. The number of rotatable bonds is 44. The molecule has 0 aliphatic carbocycles. The van der Waals surface area contributed by atoms with Gasteiger partial charge in [-0.05, 0) is 57.4 Å². The Hall–Kier alpha value is -1.92. The Labute approximate surface area is 353 Å². The largest absolute Gasteiger partial charge is 0.458 e. The molecule has 334 valence electrons. The highest BCUT2D eigenvalue weighted by molar-refractivity contribution is 5.78. The van der Waals surface area contributed by atoms with Crippen LogP contribution in [0.1, 0.15) is 252 Å². The maximum Gasteiger partial charge on any atom is 0.306 e. The van der Waals surface area contributed by atoms with E-state index in [0.717, 1.165) is 64.2 Å². The molecule has 0 aliphatic rings. The van der Waals surface area contributed by atoms with Gasteiger partial charge in [-0.3, -0.25) is 9.59 Å². The van der Waals surface area contributed by atoms with Crippen molar-refractivity contribution < 1.29 is 24.5 Å². The zero-order valence-electron chi connectivity index (χ0n) is 38.0. The Bertz CT molecular complexity index is 946. The van der Waals surface area contributed by atoms with E-state index < -0.39 is 18.2 Å². The normalized spacial score (nSPS) is 13.6. The van der Waals surface area contributed by atoms with Crippen molar-refractivity contribution >= 4 is 11.9 Å². The molecule has 1 amide bonds. The predicted octanol–water partition coefficient (Wildman–Crippen LogP) is 14.5. The van der Waals surface area contributed by atoms with E-state index in [1.165, 1.54) is 148 Å². The molecule has 0 aromatic carbocycles. The number of aliphatic hydroxyl groups is 2. The van der Waals surface area contributed by atoms with Crippen molar-refractivity contribution in [2.75, 3.05) is 6.61 Å². The van der Waals surface area contributed by atoms with Gasteiger partial charge in [0.15, 0.2) is 0 Å². The van der Waals surface area contributed by atoms with Gasteiger partial charge in [0.2, 0.25) is 5.91 Å². The topological polar surface area (TPSA) is 95.9 Å². The lowest BCUT2D eigenvalue weighted by atomic mass is 10.0. The maximum atomic E-state index is 13.1. The third-order valence-electron chi connectivity index (χ3n) is 11.2. The molecule has 0 aromatic rings. The molecule has 0 aliphatic heterocycles. The van der Waals surface area contributed by atoms with Crippen molar-refractivity contribution in [1.29, 1.82) is 0 Å². The average Bonchev–Trinajstić information content (AvgIpc) is 3.20. The number of nitrogens with one attached hydrogen (secondary N) is 1. The van der Waals surface area contributed by atoms with Gasteiger partial charge in [-0.1, -0.05) is 218 Å². The van der Waals surface area contributed by atoms with Crippen molar-refractivity contribution in [2.24, 2.45) is 0 Å². The van der Waals surface area contributed by atoms with Gasteiger partial charge < -0.3 is 20.3 Å². The zero-order chi connectivity index (χ0) is 41.7. The van der Waals surface area contributed by atoms with Crippen LogP contribution < -0.4 is 5.32 Å².